The maximum atomic E-state index is 14.0. The number of ether oxygens (including phenoxy) is 1. The van der Waals surface area contributed by atoms with Gasteiger partial charge in [0.2, 0.25) is 11.8 Å². The molecule has 8 nitrogen and oxygen atoms in total. The van der Waals surface area contributed by atoms with Gasteiger partial charge in [0.1, 0.15) is 24.2 Å². The Morgan fingerprint density at radius 3 is 2.20 bits per heavy atom. The van der Waals surface area contributed by atoms with Crippen molar-refractivity contribution in [2.45, 2.75) is 44.7 Å². The number of nitrogens with one attached hydrogen (secondary N) is 1. The average molecular weight is 625 g/mol. The van der Waals surface area contributed by atoms with Crippen LogP contribution in [0.25, 0.3) is 0 Å². The van der Waals surface area contributed by atoms with Crippen molar-refractivity contribution < 1.29 is 27.1 Å². The molecule has 0 saturated heterocycles. The SMILES string of the molecule is CCNC(=O)[C@H](CC)N(Cc1ccc(Cl)cc1Cl)C(=O)CN(c1ccc(F)cc1)S(=O)(=O)c1ccc(OCC)cc1. The Labute approximate surface area is 250 Å². The first-order valence-electron chi connectivity index (χ1n) is 13.0. The third-order valence-corrected chi connectivity index (χ3v) is 8.58. The van der Waals surface area contributed by atoms with Gasteiger partial charge < -0.3 is 15.0 Å². The number of rotatable bonds is 13. The molecule has 0 bridgehead atoms. The van der Waals surface area contributed by atoms with Crippen molar-refractivity contribution in [3.05, 3.63) is 88.2 Å². The second-order valence-corrected chi connectivity index (χ2v) is 11.7. The zero-order chi connectivity index (χ0) is 30.2. The topological polar surface area (TPSA) is 96.0 Å². The van der Waals surface area contributed by atoms with Crippen molar-refractivity contribution in [1.29, 1.82) is 0 Å². The molecular formula is C29H32Cl2FN3O5S. The molecule has 0 fully saturated rings. The molecule has 0 unspecified atom stereocenters. The number of likely N-dealkylation sites (N-methyl/N-ethyl adjacent to an activating group) is 1. The number of carbonyl (C=O) groups excluding carboxylic acids is 2. The highest BCUT2D eigenvalue weighted by molar-refractivity contribution is 7.92. The number of halogens is 3. The van der Waals surface area contributed by atoms with Crippen LogP contribution < -0.4 is 14.4 Å². The Bertz CT molecular complexity index is 1450. The number of anilines is 1. The third-order valence-electron chi connectivity index (χ3n) is 6.21. The van der Waals surface area contributed by atoms with Gasteiger partial charge in [-0.05, 0) is 86.5 Å². The molecule has 41 heavy (non-hydrogen) atoms. The van der Waals surface area contributed by atoms with Gasteiger partial charge >= 0.3 is 0 Å². The summed E-state index contributed by atoms with van der Waals surface area (Å²) in [5.41, 5.74) is 0.596. The van der Waals surface area contributed by atoms with E-state index in [0.717, 1.165) is 16.4 Å². The van der Waals surface area contributed by atoms with Crippen LogP contribution in [0.3, 0.4) is 0 Å². The number of carbonyl (C=O) groups is 2. The van der Waals surface area contributed by atoms with Crippen molar-refractivity contribution >= 4 is 50.7 Å². The van der Waals surface area contributed by atoms with Crippen LogP contribution in [0, 0.1) is 5.82 Å². The summed E-state index contributed by atoms with van der Waals surface area (Å²) in [5.74, 6) is -1.14. The molecule has 0 spiro atoms. The lowest BCUT2D eigenvalue weighted by Gasteiger charge is -2.33. The van der Waals surface area contributed by atoms with Crippen LogP contribution in [0.15, 0.2) is 71.6 Å². The fourth-order valence-electron chi connectivity index (χ4n) is 4.18. The molecule has 0 aliphatic rings. The molecule has 1 N–H and O–H groups in total. The summed E-state index contributed by atoms with van der Waals surface area (Å²) in [6, 6.07) is 14.4. The van der Waals surface area contributed by atoms with Crippen LogP contribution in [-0.4, -0.2) is 50.9 Å². The van der Waals surface area contributed by atoms with Gasteiger partial charge in [0.05, 0.1) is 17.2 Å². The summed E-state index contributed by atoms with van der Waals surface area (Å²) < 4.78 is 47.8. The summed E-state index contributed by atoms with van der Waals surface area (Å²) in [7, 11) is -4.31. The molecule has 0 heterocycles. The summed E-state index contributed by atoms with van der Waals surface area (Å²) in [6.07, 6.45) is 0.255. The molecule has 3 rings (SSSR count). The fraction of sp³-hybridized carbons (Fsp3) is 0.310. The quantitative estimate of drug-likeness (QED) is 0.265. The number of hydrogen-bond acceptors (Lipinski definition) is 5. The monoisotopic (exact) mass is 623 g/mol. The van der Waals surface area contributed by atoms with E-state index >= 15 is 0 Å². The van der Waals surface area contributed by atoms with Crippen LogP contribution >= 0.6 is 23.2 Å². The minimum Gasteiger partial charge on any atom is -0.494 e. The van der Waals surface area contributed by atoms with Crippen LogP contribution in [-0.2, 0) is 26.2 Å². The van der Waals surface area contributed by atoms with Gasteiger partial charge in [-0.2, -0.15) is 0 Å². The van der Waals surface area contributed by atoms with E-state index in [1.54, 1.807) is 32.9 Å². The van der Waals surface area contributed by atoms with E-state index in [-0.39, 0.29) is 23.5 Å². The highest BCUT2D eigenvalue weighted by Crippen LogP contribution is 2.28. The van der Waals surface area contributed by atoms with E-state index in [1.165, 1.54) is 47.4 Å². The molecule has 1 atom stereocenters. The standard InChI is InChI=1S/C29H32Cl2FN3O5S/c1-4-27(29(37)33-5-2)34(18-20-7-8-21(30)17-26(20)31)28(36)19-35(23-11-9-22(32)10-12-23)41(38,39)25-15-13-24(14-16-25)40-6-3/h7-17,27H,4-6,18-19H2,1-3H3,(H,33,37)/t27-/m0/s1. The van der Waals surface area contributed by atoms with Crippen LogP contribution in [0.2, 0.25) is 10.0 Å². The first-order chi connectivity index (χ1) is 19.5. The highest BCUT2D eigenvalue weighted by atomic mass is 35.5. The Balaban J connectivity index is 2.06. The van der Waals surface area contributed by atoms with E-state index in [2.05, 4.69) is 5.32 Å². The van der Waals surface area contributed by atoms with E-state index in [9.17, 15) is 22.4 Å². The van der Waals surface area contributed by atoms with Gasteiger partial charge in [0.25, 0.3) is 10.0 Å². The summed E-state index contributed by atoms with van der Waals surface area (Å²) in [4.78, 5) is 28.2. The molecule has 2 amide bonds. The maximum Gasteiger partial charge on any atom is 0.264 e. The van der Waals surface area contributed by atoms with Gasteiger partial charge in [0.15, 0.2) is 0 Å². The molecule has 3 aromatic carbocycles. The third kappa shape index (κ3) is 8.12. The number of nitrogens with zero attached hydrogens (tertiary/aromatic N) is 2. The van der Waals surface area contributed by atoms with Gasteiger partial charge in [-0.3, -0.25) is 13.9 Å². The summed E-state index contributed by atoms with van der Waals surface area (Å²) in [5, 5.41) is 3.42. The Kier molecular flexibility index (Phi) is 11.4. The molecule has 0 aliphatic heterocycles. The molecule has 0 radical (unpaired) electrons. The fourth-order valence-corrected chi connectivity index (χ4v) is 6.07. The van der Waals surface area contributed by atoms with Crippen molar-refractivity contribution in [2.75, 3.05) is 24.0 Å². The minimum atomic E-state index is -4.31. The smallest absolute Gasteiger partial charge is 0.264 e. The van der Waals surface area contributed by atoms with E-state index < -0.39 is 40.2 Å². The summed E-state index contributed by atoms with van der Waals surface area (Å²) >= 11 is 12.4. The minimum absolute atomic E-state index is 0.0733. The largest absolute Gasteiger partial charge is 0.494 e. The molecule has 3 aromatic rings. The zero-order valence-corrected chi connectivity index (χ0v) is 25.3. The van der Waals surface area contributed by atoms with Crippen molar-refractivity contribution in [1.82, 2.24) is 10.2 Å². The normalized spacial score (nSPS) is 12.0. The van der Waals surface area contributed by atoms with Gasteiger partial charge in [0, 0.05) is 23.1 Å². The molecule has 0 aromatic heterocycles. The number of hydrogen-bond donors (Lipinski definition) is 1. The predicted molar refractivity (Wildman–Crippen MR) is 158 cm³/mol. The van der Waals surface area contributed by atoms with Gasteiger partial charge in [-0.1, -0.05) is 36.2 Å². The number of amides is 2. The molecule has 0 aliphatic carbocycles. The summed E-state index contributed by atoms with van der Waals surface area (Å²) in [6.45, 7) is 5.31. The molecule has 220 valence electrons. The van der Waals surface area contributed by atoms with Crippen LogP contribution in [0.4, 0.5) is 10.1 Å². The maximum absolute atomic E-state index is 14.0. The van der Waals surface area contributed by atoms with Crippen molar-refractivity contribution in [3.63, 3.8) is 0 Å². The predicted octanol–water partition coefficient (Wildman–Crippen LogP) is 5.67. The second-order valence-electron chi connectivity index (χ2n) is 8.97. The highest BCUT2D eigenvalue weighted by Gasteiger charge is 2.34. The zero-order valence-electron chi connectivity index (χ0n) is 22.9. The van der Waals surface area contributed by atoms with E-state index in [4.69, 9.17) is 27.9 Å². The van der Waals surface area contributed by atoms with E-state index in [1.807, 2.05) is 0 Å². The van der Waals surface area contributed by atoms with Gasteiger partial charge in [-0.15, -0.1) is 0 Å². The second kappa shape index (κ2) is 14.5. The lowest BCUT2D eigenvalue weighted by molar-refractivity contribution is -0.140. The van der Waals surface area contributed by atoms with Crippen molar-refractivity contribution in [3.8, 4) is 5.75 Å². The first kappa shape index (κ1) is 32.2. The lowest BCUT2D eigenvalue weighted by atomic mass is 10.1. The van der Waals surface area contributed by atoms with E-state index in [0.29, 0.717) is 34.5 Å². The molecule has 0 saturated carbocycles. The molecular weight excluding hydrogens is 592 g/mol. The van der Waals surface area contributed by atoms with Crippen molar-refractivity contribution in [2.24, 2.45) is 0 Å². The van der Waals surface area contributed by atoms with Crippen LogP contribution in [0.5, 0.6) is 5.75 Å². The number of benzene rings is 3. The van der Waals surface area contributed by atoms with Gasteiger partial charge in [-0.25, -0.2) is 12.8 Å². The Hall–Kier alpha value is -3.34. The first-order valence-corrected chi connectivity index (χ1v) is 15.2. The Morgan fingerprint density at radius 2 is 1.63 bits per heavy atom. The Morgan fingerprint density at radius 1 is 0.976 bits per heavy atom. The molecule has 12 heteroatoms. The average Bonchev–Trinajstić information content (AvgIpc) is 2.94. The number of sulfonamides is 1. The lowest BCUT2D eigenvalue weighted by Crippen LogP contribution is -2.52. The van der Waals surface area contributed by atoms with Crippen LogP contribution in [0.1, 0.15) is 32.8 Å².